The van der Waals surface area contributed by atoms with Crippen molar-refractivity contribution < 1.29 is 17.9 Å². The number of alkyl halides is 3. The van der Waals surface area contributed by atoms with Crippen LogP contribution in [0.15, 0.2) is 29.3 Å². The first kappa shape index (κ1) is 19.1. The second-order valence-electron chi connectivity index (χ2n) is 5.83. The molecule has 2 N–H and O–H groups in total. The second-order valence-corrected chi connectivity index (χ2v) is 5.83. The number of nitrogens with one attached hydrogen (secondary N) is 2. The molecule has 4 nitrogen and oxygen atoms in total. The van der Waals surface area contributed by atoms with Crippen LogP contribution in [0.5, 0.6) is 5.75 Å². The lowest BCUT2D eigenvalue weighted by Crippen LogP contribution is -2.44. The van der Waals surface area contributed by atoms with Gasteiger partial charge in [-0.2, -0.15) is 13.2 Å². The molecule has 0 radical (unpaired) electrons. The molecule has 0 aliphatic heterocycles. The first-order valence-corrected chi connectivity index (χ1v) is 7.34. The maximum Gasteiger partial charge on any atom is 0.390 e. The molecule has 0 aliphatic rings. The molecule has 0 bridgehead atoms. The third-order valence-corrected chi connectivity index (χ3v) is 3.47. The molecule has 1 aromatic rings. The Labute approximate surface area is 135 Å². The molecule has 0 heterocycles. The van der Waals surface area contributed by atoms with E-state index in [1.165, 1.54) is 7.05 Å². The molecule has 0 saturated heterocycles. The molecular weight excluding hydrogens is 307 g/mol. The monoisotopic (exact) mass is 331 g/mol. The zero-order chi connectivity index (χ0) is 17.5. The van der Waals surface area contributed by atoms with E-state index in [2.05, 4.69) is 15.6 Å². The topological polar surface area (TPSA) is 45.7 Å². The maximum atomic E-state index is 12.2. The van der Waals surface area contributed by atoms with Gasteiger partial charge in [-0.05, 0) is 17.7 Å². The number of methoxy groups -OCH3 is 1. The average Bonchev–Trinajstić information content (AvgIpc) is 2.49. The van der Waals surface area contributed by atoms with E-state index in [0.717, 1.165) is 11.3 Å². The summed E-state index contributed by atoms with van der Waals surface area (Å²) in [4.78, 5) is 3.94. The summed E-state index contributed by atoms with van der Waals surface area (Å²) < 4.78 is 41.7. The van der Waals surface area contributed by atoms with Gasteiger partial charge in [0.25, 0.3) is 0 Å². The number of hydrogen-bond acceptors (Lipinski definition) is 2. The first-order valence-electron chi connectivity index (χ1n) is 7.34. The van der Waals surface area contributed by atoms with Crippen molar-refractivity contribution in [3.63, 3.8) is 0 Å². The standard InChI is InChI=1S/C16H24F3N3O/c1-15(2,12-6-5-7-13(10-12)23-4)11-22-14(20-3)21-9-8-16(17,18)19/h5-7,10H,8-9,11H2,1-4H3,(H2,20,21,22). The third-order valence-electron chi connectivity index (χ3n) is 3.47. The summed E-state index contributed by atoms with van der Waals surface area (Å²) in [5.74, 6) is 1.12. The van der Waals surface area contributed by atoms with Gasteiger partial charge in [-0.25, -0.2) is 0 Å². The summed E-state index contributed by atoms with van der Waals surface area (Å²) in [5.41, 5.74) is 0.825. The molecule has 0 fully saturated rings. The first-order chi connectivity index (χ1) is 10.7. The number of nitrogens with zero attached hydrogens (tertiary/aromatic N) is 1. The lowest BCUT2D eigenvalue weighted by Gasteiger charge is -2.27. The lowest BCUT2D eigenvalue weighted by atomic mass is 9.84. The van der Waals surface area contributed by atoms with Crippen molar-refractivity contribution in [1.82, 2.24) is 10.6 Å². The Bertz CT molecular complexity index is 528. The number of halogens is 3. The van der Waals surface area contributed by atoms with E-state index in [1.807, 2.05) is 38.1 Å². The van der Waals surface area contributed by atoms with Crippen LogP contribution in [0.25, 0.3) is 0 Å². The molecule has 0 aromatic heterocycles. The Balaban J connectivity index is 2.59. The number of rotatable bonds is 6. The van der Waals surface area contributed by atoms with Crippen LogP contribution in [0.2, 0.25) is 0 Å². The summed E-state index contributed by atoms with van der Waals surface area (Å²) in [6.07, 6.45) is -5.07. The summed E-state index contributed by atoms with van der Waals surface area (Å²) in [7, 11) is 3.14. The SMILES string of the molecule is CN=C(NCCC(F)(F)F)NCC(C)(C)c1cccc(OC)c1. The maximum absolute atomic E-state index is 12.2. The predicted molar refractivity (Wildman–Crippen MR) is 86.1 cm³/mol. The molecule has 0 amide bonds. The number of hydrogen-bond donors (Lipinski definition) is 2. The van der Waals surface area contributed by atoms with E-state index in [1.54, 1.807) is 7.11 Å². The Morgan fingerprint density at radius 2 is 1.91 bits per heavy atom. The molecule has 23 heavy (non-hydrogen) atoms. The zero-order valence-corrected chi connectivity index (χ0v) is 13.9. The van der Waals surface area contributed by atoms with Crippen molar-refractivity contribution in [2.45, 2.75) is 31.9 Å². The fraction of sp³-hybridized carbons (Fsp3) is 0.562. The number of ether oxygens (including phenoxy) is 1. The van der Waals surface area contributed by atoms with Gasteiger partial charge in [0.1, 0.15) is 5.75 Å². The molecule has 0 saturated carbocycles. The van der Waals surface area contributed by atoms with Gasteiger partial charge in [0.15, 0.2) is 5.96 Å². The minimum atomic E-state index is -4.17. The van der Waals surface area contributed by atoms with E-state index < -0.39 is 12.6 Å². The summed E-state index contributed by atoms with van der Waals surface area (Å²) >= 11 is 0. The van der Waals surface area contributed by atoms with Crippen molar-refractivity contribution in [3.05, 3.63) is 29.8 Å². The van der Waals surface area contributed by atoms with Crippen LogP contribution in [-0.2, 0) is 5.41 Å². The molecule has 0 spiro atoms. The smallest absolute Gasteiger partial charge is 0.390 e. The van der Waals surface area contributed by atoms with Gasteiger partial charge < -0.3 is 15.4 Å². The van der Waals surface area contributed by atoms with Crippen molar-refractivity contribution in [2.75, 3.05) is 27.2 Å². The minimum absolute atomic E-state index is 0.206. The van der Waals surface area contributed by atoms with Crippen LogP contribution >= 0.6 is 0 Å². The Morgan fingerprint density at radius 3 is 2.48 bits per heavy atom. The second kappa shape index (κ2) is 8.08. The van der Waals surface area contributed by atoms with Crippen molar-refractivity contribution in [2.24, 2.45) is 4.99 Å². The van der Waals surface area contributed by atoms with Gasteiger partial charge in [-0.1, -0.05) is 26.0 Å². The van der Waals surface area contributed by atoms with Gasteiger partial charge in [0.05, 0.1) is 13.5 Å². The fourth-order valence-electron chi connectivity index (χ4n) is 1.99. The fourth-order valence-corrected chi connectivity index (χ4v) is 1.99. The van der Waals surface area contributed by atoms with Crippen LogP contribution in [0.4, 0.5) is 13.2 Å². The van der Waals surface area contributed by atoms with Crippen molar-refractivity contribution in [3.8, 4) is 5.75 Å². The van der Waals surface area contributed by atoms with Crippen LogP contribution in [0.1, 0.15) is 25.8 Å². The number of guanidine groups is 1. The van der Waals surface area contributed by atoms with Gasteiger partial charge in [0.2, 0.25) is 0 Å². The summed E-state index contributed by atoms with van der Waals surface area (Å²) in [6, 6.07) is 7.71. The Kier molecular flexibility index (Phi) is 6.72. The van der Waals surface area contributed by atoms with E-state index in [0.29, 0.717) is 12.5 Å². The highest BCUT2D eigenvalue weighted by Gasteiger charge is 2.26. The molecule has 0 unspecified atom stereocenters. The van der Waals surface area contributed by atoms with Crippen LogP contribution in [0.3, 0.4) is 0 Å². The van der Waals surface area contributed by atoms with Gasteiger partial charge in [-0.3, -0.25) is 4.99 Å². The molecule has 1 aromatic carbocycles. The van der Waals surface area contributed by atoms with Crippen LogP contribution in [0, 0.1) is 0 Å². The molecule has 130 valence electrons. The normalized spacial score (nSPS) is 12.9. The van der Waals surface area contributed by atoms with E-state index >= 15 is 0 Å². The zero-order valence-electron chi connectivity index (χ0n) is 13.9. The van der Waals surface area contributed by atoms with Crippen LogP contribution < -0.4 is 15.4 Å². The Hall–Kier alpha value is -1.92. The quantitative estimate of drug-likeness (QED) is 0.622. The minimum Gasteiger partial charge on any atom is -0.497 e. The van der Waals surface area contributed by atoms with Gasteiger partial charge in [0, 0.05) is 25.6 Å². The molecule has 0 aliphatic carbocycles. The predicted octanol–water partition coefficient (Wildman–Crippen LogP) is 3.09. The number of aliphatic imine (C=N–C) groups is 1. The highest BCUT2D eigenvalue weighted by Crippen LogP contribution is 2.25. The summed E-state index contributed by atoms with van der Waals surface area (Å²) in [5, 5.41) is 5.73. The van der Waals surface area contributed by atoms with E-state index in [9.17, 15) is 13.2 Å². The van der Waals surface area contributed by atoms with Crippen LogP contribution in [-0.4, -0.2) is 39.4 Å². The molecule has 7 heteroatoms. The average molecular weight is 331 g/mol. The Morgan fingerprint density at radius 1 is 1.22 bits per heavy atom. The highest BCUT2D eigenvalue weighted by molar-refractivity contribution is 5.79. The number of benzene rings is 1. The third kappa shape index (κ3) is 6.80. The molecule has 0 atom stereocenters. The van der Waals surface area contributed by atoms with E-state index in [4.69, 9.17) is 4.74 Å². The summed E-state index contributed by atoms with van der Waals surface area (Å²) in [6.45, 7) is 4.39. The van der Waals surface area contributed by atoms with Gasteiger partial charge >= 0.3 is 6.18 Å². The lowest BCUT2D eigenvalue weighted by molar-refractivity contribution is -0.132. The molecular formula is C16H24F3N3O. The van der Waals surface area contributed by atoms with Gasteiger partial charge in [-0.15, -0.1) is 0 Å². The van der Waals surface area contributed by atoms with Crippen molar-refractivity contribution >= 4 is 5.96 Å². The highest BCUT2D eigenvalue weighted by atomic mass is 19.4. The van der Waals surface area contributed by atoms with E-state index in [-0.39, 0.29) is 12.0 Å². The molecule has 1 rings (SSSR count). The van der Waals surface area contributed by atoms with Crippen molar-refractivity contribution in [1.29, 1.82) is 0 Å². The largest absolute Gasteiger partial charge is 0.497 e.